The molecule has 3 aliphatic heterocycles. The lowest BCUT2D eigenvalue weighted by Crippen LogP contribution is -2.52. The lowest BCUT2D eigenvalue weighted by Gasteiger charge is -2.32. The summed E-state index contributed by atoms with van der Waals surface area (Å²) in [5.74, 6) is -0.422. The molecule has 3 amide bonds. The molecule has 43 heavy (non-hydrogen) atoms. The van der Waals surface area contributed by atoms with Crippen molar-refractivity contribution in [2.45, 2.75) is 50.7 Å². The van der Waals surface area contributed by atoms with Crippen LogP contribution in [0.5, 0.6) is 0 Å². The first kappa shape index (κ1) is 28.5. The summed E-state index contributed by atoms with van der Waals surface area (Å²) in [5.41, 5.74) is 5.98. The van der Waals surface area contributed by atoms with Crippen molar-refractivity contribution in [1.29, 1.82) is 0 Å². The third kappa shape index (κ3) is 5.98. The SMILES string of the molecule is CN(/C=N\c1ccc(CN2CCC(c3ccc4c(c3)CN(C3CCC(=O)NC3=O)C4=O)CC2)cc1C=O)c1cnn(C)c1. The first-order chi connectivity index (χ1) is 20.8. The molecule has 0 aliphatic carbocycles. The number of hydrogen-bond donors (Lipinski definition) is 1. The van der Waals surface area contributed by atoms with Gasteiger partial charge in [-0.3, -0.25) is 34.1 Å². The average Bonchev–Trinajstić information content (AvgIpc) is 3.59. The van der Waals surface area contributed by atoms with E-state index in [1.54, 1.807) is 22.1 Å². The molecule has 222 valence electrons. The zero-order chi connectivity index (χ0) is 30.1. The first-order valence-electron chi connectivity index (χ1n) is 14.6. The normalized spacial score (nSPS) is 19.6. The quantitative estimate of drug-likeness (QED) is 0.188. The standard InChI is InChI=1S/C32H35N7O4/c1-36(26-15-34-37(2)18-26)20-33-28-6-3-21(13-25(28)19-40)16-38-11-9-22(10-12-38)23-4-5-27-24(14-23)17-39(32(27)43)29-7-8-30(41)35-31(29)42/h3-6,13-15,18-20,22,29H,7-12,16-17H2,1-2H3,(H,35,41,42)/b33-20-. The molecule has 1 N–H and O–H groups in total. The average molecular weight is 582 g/mol. The molecule has 4 heterocycles. The summed E-state index contributed by atoms with van der Waals surface area (Å²) in [6.07, 6.45) is 8.78. The van der Waals surface area contributed by atoms with E-state index >= 15 is 0 Å². The minimum atomic E-state index is -0.599. The fourth-order valence-electron chi connectivity index (χ4n) is 6.25. The molecule has 1 atom stereocenters. The van der Waals surface area contributed by atoms with Gasteiger partial charge < -0.3 is 9.80 Å². The Balaban J connectivity index is 1.05. The second-order valence-corrected chi connectivity index (χ2v) is 11.6. The maximum Gasteiger partial charge on any atom is 0.255 e. The largest absolute Gasteiger partial charge is 0.333 e. The van der Waals surface area contributed by atoms with Gasteiger partial charge in [-0.1, -0.05) is 18.2 Å². The number of aryl methyl sites for hydroxylation is 1. The highest BCUT2D eigenvalue weighted by molar-refractivity contribution is 6.05. The summed E-state index contributed by atoms with van der Waals surface area (Å²) in [4.78, 5) is 59.2. The number of aldehydes is 1. The Labute approximate surface area is 250 Å². The van der Waals surface area contributed by atoms with Gasteiger partial charge in [-0.25, -0.2) is 4.99 Å². The Morgan fingerprint density at radius 2 is 1.91 bits per heavy atom. The molecule has 1 unspecified atom stereocenters. The summed E-state index contributed by atoms with van der Waals surface area (Å²) in [6, 6.07) is 11.3. The molecule has 2 aromatic carbocycles. The van der Waals surface area contributed by atoms with E-state index in [0.29, 0.717) is 35.7 Å². The van der Waals surface area contributed by atoms with E-state index < -0.39 is 6.04 Å². The zero-order valence-electron chi connectivity index (χ0n) is 24.4. The highest BCUT2D eigenvalue weighted by atomic mass is 16.2. The minimum absolute atomic E-state index is 0.141. The number of anilines is 1. The zero-order valence-corrected chi connectivity index (χ0v) is 24.4. The molecule has 0 spiro atoms. The van der Waals surface area contributed by atoms with Crippen molar-refractivity contribution in [3.8, 4) is 0 Å². The lowest BCUT2D eigenvalue weighted by molar-refractivity contribution is -0.136. The predicted octanol–water partition coefficient (Wildman–Crippen LogP) is 3.17. The number of nitrogens with one attached hydrogen (secondary N) is 1. The smallest absolute Gasteiger partial charge is 0.255 e. The minimum Gasteiger partial charge on any atom is -0.333 e. The number of carbonyl (C=O) groups is 4. The van der Waals surface area contributed by atoms with Crippen LogP contribution in [0.1, 0.15) is 69.0 Å². The highest BCUT2D eigenvalue weighted by Gasteiger charge is 2.39. The fourth-order valence-corrected chi connectivity index (χ4v) is 6.25. The number of nitrogens with zero attached hydrogens (tertiary/aromatic N) is 6. The van der Waals surface area contributed by atoms with Crippen LogP contribution in [0.25, 0.3) is 0 Å². The fraction of sp³-hybridized carbons (Fsp3) is 0.375. The topological polar surface area (TPSA) is 120 Å². The molecule has 1 aromatic heterocycles. The number of rotatable bonds is 8. The van der Waals surface area contributed by atoms with Crippen LogP contribution in [0.2, 0.25) is 0 Å². The summed E-state index contributed by atoms with van der Waals surface area (Å²) in [7, 11) is 3.74. The lowest BCUT2D eigenvalue weighted by atomic mass is 9.87. The molecule has 0 radical (unpaired) electrons. The number of aromatic nitrogens is 2. The Hall–Kier alpha value is -4.64. The predicted molar refractivity (Wildman–Crippen MR) is 161 cm³/mol. The molecular formula is C32H35N7O4. The Morgan fingerprint density at radius 3 is 2.63 bits per heavy atom. The van der Waals surface area contributed by atoms with E-state index in [0.717, 1.165) is 55.6 Å². The van der Waals surface area contributed by atoms with Crippen LogP contribution in [0.15, 0.2) is 53.8 Å². The number of piperidine rings is 2. The van der Waals surface area contributed by atoms with Gasteiger partial charge in [0.2, 0.25) is 11.8 Å². The van der Waals surface area contributed by atoms with Crippen LogP contribution in [0, 0.1) is 0 Å². The van der Waals surface area contributed by atoms with Crippen molar-refractivity contribution < 1.29 is 19.2 Å². The molecule has 2 fully saturated rings. The van der Waals surface area contributed by atoms with E-state index in [4.69, 9.17) is 0 Å². The second kappa shape index (κ2) is 11.9. The van der Waals surface area contributed by atoms with Crippen molar-refractivity contribution in [1.82, 2.24) is 24.9 Å². The van der Waals surface area contributed by atoms with Gasteiger partial charge in [-0.05, 0) is 73.2 Å². The van der Waals surface area contributed by atoms with E-state index in [1.165, 1.54) is 5.56 Å². The van der Waals surface area contributed by atoms with Crippen LogP contribution in [-0.2, 0) is 29.7 Å². The molecule has 6 rings (SSSR count). The number of hydrogen-bond acceptors (Lipinski definition) is 7. The second-order valence-electron chi connectivity index (χ2n) is 11.6. The number of carbonyl (C=O) groups excluding carboxylic acids is 4. The van der Waals surface area contributed by atoms with E-state index in [1.807, 2.05) is 55.5 Å². The van der Waals surface area contributed by atoms with Crippen LogP contribution in [0.3, 0.4) is 0 Å². The first-order valence-corrected chi connectivity index (χ1v) is 14.6. The van der Waals surface area contributed by atoms with Crippen molar-refractivity contribution in [2.24, 2.45) is 12.0 Å². The molecule has 0 saturated carbocycles. The van der Waals surface area contributed by atoms with Crippen LogP contribution in [0.4, 0.5) is 11.4 Å². The number of aliphatic imine (C=N–C) groups is 1. The van der Waals surface area contributed by atoms with E-state index in [2.05, 4.69) is 26.4 Å². The van der Waals surface area contributed by atoms with Crippen LogP contribution < -0.4 is 10.2 Å². The summed E-state index contributed by atoms with van der Waals surface area (Å²) >= 11 is 0. The maximum atomic E-state index is 13.0. The van der Waals surface area contributed by atoms with Gasteiger partial charge in [-0.15, -0.1) is 0 Å². The van der Waals surface area contributed by atoms with Gasteiger partial charge in [0, 0.05) is 50.9 Å². The Bertz CT molecular complexity index is 1600. The van der Waals surface area contributed by atoms with Crippen molar-refractivity contribution in [2.75, 3.05) is 25.0 Å². The van der Waals surface area contributed by atoms with Crippen molar-refractivity contribution in [3.63, 3.8) is 0 Å². The van der Waals surface area contributed by atoms with Gasteiger partial charge in [0.25, 0.3) is 5.91 Å². The third-order valence-electron chi connectivity index (χ3n) is 8.70. The molecule has 11 heteroatoms. The number of amides is 3. The Morgan fingerprint density at radius 1 is 1.09 bits per heavy atom. The van der Waals surface area contributed by atoms with Crippen molar-refractivity contribution in [3.05, 3.63) is 76.6 Å². The summed E-state index contributed by atoms with van der Waals surface area (Å²) in [5, 5.41) is 6.53. The molecule has 2 saturated heterocycles. The summed E-state index contributed by atoms with van der Waals surface area (Å²) in [6.45, 7) is 3.00. The maximum absolute atomic E-state index is 13.0. The molecule has 3 aliphatic rings. The van der Waals surface area contributed by atoms with Gasteiger partial charge in [-0.2, -0.15) is 5.10 Å². The van der Waals surface area contributed by atoms with Crippen LogP contribution in [-0.4, -0.2) is 76.1 Å². The van der Waals surface area contributed by atoms with E-state index in [-0.39, 0.29) is 24.1 Å². The molecule has 0 bridgehead atoms. The summed E-state index contributed by atoms with van der Waals surface area (Å²) < 4.78 is 1.72. The van der Waals surface area contributed by atoms with Gasteiger partial charge >= 0.3 is 0 Å². The van der Waals surface area contributed by atoms with Gasteiger partial charge in [0.05, 0.1) is 23.9 Å². The van der Waals surface area contributed by atoms with Gasteiger partial charge in [0.15, 0.2) is 6.29 Å². The number of fused-ring (bicyclic) bond motifs is 1. The molecule has 3 aromatic rings. The number of likely N-dealkylation sites (tertiary alicyclic amines) is 1. The highest BCUT2D eigenvalue weighted by Crippen LogP contribution is 2.34. The Kier molecular flexibility index (Phi) is 7.90. The molecule has 11 nitrogen and oxygen atoms in total. The van der Waals surface area contributed by atoms with Gasteiger partial charge in [0.1, 0.15) is 6.04 Å². The number of imide groups is 1. The van der Waals surface area contributed by atoms with Crippen LogP contribution >= 0.6 is 0 Å². The van der Waals surface area contributed by atoms with Crippen molar-refractivity contribution >= 4 is 41.7 Å². The third-order valence-corrected chi connectivity index (χ3v) is 8.70. The number of benzene rings is 2. The molecular weight excluding hydrogens is 546 g/mol. The van der Waals surface area contributed by atoms with E-state index in [9.17, 15) is 19.2 Å². The monoisotopic (exact) mass is 581 g/mol.